The number of nitrogens with one attached hydrogen (secondary N) is 1. The van der Waals surface area contributed by atoms with E-state index in [1.54, 1.807) is 45.3 Å². The summed E-state index contributed by atoms with van der Waals surface area (Å²) in [6.07, 6.45) is 2.79. The van der Waals surface area contributed by atoms with E-state index in [0.29, 0.717) is 59.0 Å². The Morgan fingerprint density at radius 2 is 1.70 bits per heavy atom. The SMILES string of the molecule is [B]c1cnn2c(NC3CCN(S(=O)(=O)c4cccc5ccccc45)CC3)cc(-c3ccccc3O)nc12. The van der Waals surface area contributed by atoms with Crippen LogP contribution in [0.3, 0.4) is 0 Å². The number of piperidine rings is 1. The molecule has 1 aliphatic heterocycles. The molecule has 10 heteroatoms. The number of rotatable bonds is 5. The van der Waals surface area contributed by atoms with Gasteiger partial charge < -0.3 is 10.4 Å². The van der Waals surface area contributed by atoms with Gasteiger partial charge in [-0.15, -0.1) is 0 Å². The fourth-order valence-electron chi connectivity index (χ4n) is 4.92. The molecule has 0 amide bonds. The highest BCUT2D eigenvalue weighted by atomic mass is 32.2. The predicted molar refractivity (Wildman–Crippen MR) is 145 cm³/mol. The predicted octanol–water partition coefficient (Wildman–Crippen LogP) is 3.31. The first kappa shape index (κ1) is 23.5. The van der Waals surface area contributed by atoms with Crippen LogP contribution in [-0.4, -0.2) is 59.4 Å². The van der Waals surface area contributed by atoms with Crippen molar-refractivity contribution >= 4 is 45.6 Å². The third-order valence-electron chi connectivity index (χ3n) is 6.85. The van der Waals surface area contributed by atoms with E-state index in [0.717, 1.165) is 10.8 Å². The molecule has 0 spiro atoms. The van der Waals surface area contributed by atoms with E-state index in [1.807, 2.05) is 42.5 Å². The number of aromatic nitrogens is 3. The van der Waals surface area contributed by atoms with E-state index >= 15 is 0 Å². The molecule has 0 aliphatic carbocycles. The fourth-order valence-corrected chi connectivity index (χ4v) is 6.60. The zero-order chi connectivity index (χ0) is 25.6. The summed E-state index contributed by atoms with van der Waals surface area (Å²) in [5, 5.41) is 19.9. The monoisotopic (exact) mass is 509 g/mol. The molecule has 2 aromatic heterocycles. The molecule has 2 N–H and O–H groups in total. The molecule has 37 heavy (non-hydrogen) atoms. The molecule has 0 unspecified atom stereocenters. The van der Waals surface area contributed by atoms with Gasteiger partial charge in [0.1, 0.15) is 19.4 Å². The van der Waals surface area contributed by atoms with Crippen molar-refractivity contribution < 1.29 is 13.5 Å². The smallest absolute Gasteiger partial charge is 0.243 e. The van der Waals surface area contributed by atoms with E-state index in [2.05, 4.69) is 15.4 Å². The van der Waals surface area contributed by atoms with Crippen molar-refractivity contribution in [2.75, 3.05) is 18.4 Å². The van der Waals surface area contributed by atoms with Gasteiger partial charge in [0.15, 0.2) is 5.65 Å². The number of fused-ring (bicyclic) bond motifs is 2. The highest BCUT2D eigenvalue weighted by Gasteiger charge is 2.31. The first-order valence-electron chi connectivity index (χ1n) is 12.1. The second kappa shape index (κ2) is 9.21. The van der Waals surface area contributed by atoms with Gasteiger partial charge in [0.2, 0.25) is 10.0 Å². The minimum atomic E-state index is -3.63. The van der Waals surface area contributed by atoms with Gasteiger partial charge in [0.25, 0.3) is 0 Å². The van der Waals surface area contributed by atoms with Gasteiger partial charge in [0, 0.05) is 42.3 Å². The van der Waals surface area contributed by atoms with Crippen LogP contribution in [0.25, 0.3) is 27.7 Å². The van der Waals surface area contributed by atoms with E-state index in [-0.39, 0.29) is 11.8 Å². The fraction of sp³-hybridized carbons (Fsp3) is 0.185. The highest BCUT2D eigenvalue weighted by molar-refractivity contribution is 7.89. The Hall–Kier alpha value is -3.89. The number of phenols is 1. The van der Waals surface area contributed by atoms with Crippen LogP contribution in [0.15, 0.2) is 83.9 Å². The molecule has 8 nitrogen and oxygen atoms in total. The Morgan fingerprint density at radius 1 is 0.973 bits per heavy atom. The van der Waals surface area contributed by atoms with E-state index < -0.39 is 10.0 Å². The summed E-state index contributed by atoms with van der Waals surface area (Å²) in [6, 6.07) is 21.8. The summed E-state index contributed by atoms with van der Waals surface area (Å²) in [5.74, 6) is 0.797. The van der Waals surface area contributed by atoms with Gasteiger partial charge in [0.05, 0.1) is 10.6 Å². The number of para-hydroxylation sites is 1. The minimum Gasteiger partial charge on any atom is -0.507 e. The van der Waals surface area contributed by atoms with Crippen LogP contribution < -0.4 is 10.8 Å². The van der Waals surface area contributed by atoms with Gasteiger partial charge >= 0.3 is 0 Å². The van der Waals surface area contributed by atoms with Crippen molar-refractivity contribution in [3.8, 4) is 17.0 Å². The summed E-state index contributed by atoms with van der Waals surface area (Å²) in [7, 11) is 2.48. The standard InChI is InChI=1S/C27H24BN5O3S/c28-22-17-29-33-26(16-23(31-27(22)33)21-9-3-4-10-24(21)34)30-19-12-14-32(15-13-19)37(35,36)25-11-5-7-18-6-1-2-8-20(18)25/h1-11,16-17,19,30,34H,12-15H2. The lowest BCUT2D eigenvalue weighted by atomic mass is 10.0. The highest BCUT2D eigenvalue weighted by Crippen LogP contribution is 2.31. The van der Waals surface area contributed by atoms with Crippen LogP contribution in [0.5, 0.6) is 5.75 Å². The third kappa shape index (κ3) is 4.22. The van der Waals surface area contributed by atoms with Crippen molar-refractivity contribution in [1.29, 1.82) is 0 Å². The van der Waals surface area contributed by atoms with Crippen LogP contribution in [0, 0.1) is 0 Å². The quantitative estimate of drug-likeness (QED) is 0.353. The van der Waals surface area contributed by atoms with Crippen molar-refractivity contribution in [1.82, 2.24) is 18.9 Å². The summed E-state index contributed by atoms with van der Waals surface area (Å²) in [5.41, 5.74) is 2.07. The largest absolute Gasteiger partial charge is 0.507 e. The van der Waals surface area contributed by atoms with E-state index in [9.17, 15) is 13.5 Å². The molecule has 5 aromatic rings. The van der Waals surface area contributed by atoms with Gasteiger partial charge in [-0.2, -0.15) is 13.9 Å². The Labute approximate surface area is 216 Å². The van der Waals surface area contributed by atoms with Gasteiger partial charge in [-0.3, -0.25) is 0 Å². The van der Waals surface area contributed by atoms with Crippen LogP contribution in [0.2, 0.25) is 0 Å². The molecule has 1 saturated heterocycles. The lowest BCUT2D eigenvalue weighted by Crippen LogP contribution is -2.42. The molecule has 0 saturated carbocycles. The van der Waals surface area contributed by atoms with Crippen molar-refractivity contribution in [3.05, 3.63) is 79.0 Å². The molecular formula is C27H24BN5O3S. The minimum absolute atomic E-state index is 0.0206. The van der Waals surface area contributed by atoms with E-state index in [4.69, 9.17) is 7.85 Å². The summed E-state index contributed by atoms with van der Waals surface area (Å²) >= 11 is 0. The first-order chi connectivity index (χ1) is 17.9. The lowest BCUT2D eigenvalue weighted by molar-refractivity contribution is 0.329. The van der Waals surface area contributed by atoms with Gasteiger partial charge in [-0.05, 0) is 41.9 Å². The molecule has 1 aliphatic rings. The normalized spacial score (nSPS) is 15.4. The second-order valence-corrected chi connectivity index (χ2v) is 11.1. The summed E-state index contributed by atoms with van der Waals surface area (Å²) in [4.78, 5) is 4.95. The number of sulfonamides is 1. The average molecular weight is 509 g/mol. The van der Waals surface area contributed by atoms with Crippen LogP contribution in [0.4, 0.5) is 5.82 Å². The van der Waals surface area contributed by atoms with Crippen molar-refractivity contribution in [2.45, 2.75) is 23.8 Å². The lowest BCUT2D eigenvalue weighted by Gasteiger charge is -2.32. The number of hydrogen-bond donors (Lipinski definition) is 2. The Morgan fingerprint density at radius 3 is 2.51 bits per heavy atom. The maximum absolute atomic E-state index is 13.5. The number of phenolic OH excluding ortho intramolecular Hbond substituents is 1. The number of hydrogen-bond acceptors (Lipinski definition) is 6. The zero-order valence-corrected chi connectivity index (χ0v) is 20.8. The maximum atomic E-state index is 13.5. The Kier molecular flexibility index (Phi) is 5.85. The molecule has 3 aromatic carbocycles. The Bertz CT molecular complexity index is 1720. The van der Waals surface area contributed by atoms with Crippen LogP contribution >= 0.6 is 0 Å². The first-order valence-corrected chi connectivity index (χ1v) is 13.5. The van der Waals surface area contributed by atoms with E-state index in [1.165, 1.54) is 0 Å². The number of nitrogens with zero attached hydrogens (tertiary/aromatic N) is 4. The number of anilines is 1. The van der Waals surface area contributed by atoms with Crippen LogP contribution in [0.1, 0.15) is 12.8 Å². The second-order valence-electron chi connectivity index (χ2n) is 9.18. The molecule has 3 heterocycles. The average Bonchev–Trinajstić information content (AvgIpc) is 3.29. The molecule has 2 radical (unpaired) electrons. The molecule has 0 atom stereocenters. The Balaban J connectivity index is 1.25. The molecule has 0 bridgehead atoms. The molecular weight excluding hydrogens is 485 g/mol. The zero-order valence-electron chi connectivity index (χ0n) is 19.9. The summed E-state index contributed by atoms with van der Waals surface area (Å²) in [6.45, 7) is 0.788. The molecule has 184 valence electrons. The summed E-state index contributed by atoms with van der Waals surface area (Å²) < 4.78 is 30.2. The van der Waals surface area contributed by atoms with Gasteiger partial charge in [-0.1, -0.05) is 48.5 Å². The molecule has 1 fully saturated rings. The maximum Gasteiger partial charge on any atom is 0.243 e. The van der Waals surface area contributed by atoms with Gasteiger partial charge in [-0.25, -0.2) is 13.4 Å². The third-order valence-corrected chi connectivity index (χ3v) is 8.81. The number of aromatic hydroxyl groups is 1. The number of benzene rings is 3. The van der Waals surface area contributed by atoms with Crippen molar-refractivity contribution in [2.24, 2.45) is 0 Å². The van der Waals surface area contributed by atoms with Crippen LogP contribution in [-0.2, 0) is 10.0 Å². The van der Waals surface area contributed by atoms with Crippen molar-refractivity contribution in [3.63, 3.8) is 0 Å². The molecule has 6 rings (SSSR count). The topological polar surface area (TPSA) is 99.8 Å².